The Morgan fingerprint density at radius 2 is 1.89 bits per heavy atom. The molecule has 0 spiro atoms. The van der Waals surface area contributed by atoms with Crippen molar-refractivity contribution in [2.75, 3.05) is 17.3 Å². The lowest BCUT2D eigenvalue weighted by molar-refractivity contribution is -0.138. The predicted octanol–water partition coefficient (Wildman–Crippen LogP) is 5.83. The van der Waals surface area contributed by atoms with Crippen molar-refractivity contribution in [1.29, 1.82) is 0 Å². The number of carbonyl (C=O) groups is 3. The molecule has 1 amide bonds. The Labute approximate surface area is 219 Å². The smallest absolute Gasteiger partial charge is 0.303 e. The highest BCUT2D eigenvalue weighted by Crippen LogP contribution is 2.48. The Balaban J connectivity index is 1.64. The van der Waals surface area contributed by atoms with E-state index >= 15 is 0 Å². The molecule has 0 bridgehead atoms. The predicted molar refractivity (Wildman–Crippen MR) is 143 cm³/mol. The van der Waals surface area contributed by atoms with Crippen LogP contribution in [-0.4, -0.2) is 29.9 Å². The maximum atomic E-state index is 13.9. The fourth-order valence-electron chi connectivity index (χ4n) is 5.18. The van der Waals surface area contributed by atoms with Crippen LogP contribution in [0.5, 0.6) is 5.75 Å². The number of anilines is 2. The minimum atomic E-state index is -1.03. The van der Waals surface area contributed by atoms with Gasteiger partial charge in [0, 0.05) is 29.0 Å². The van der Waals surface area contributed by atoms with Crippen LogP contribution in [0.15, 0.2) is 71.2 Å². The lowest BCUT2D eigenvalue weighted by atomic mass is 9.79. The van der Waals surface area contributed by atoms with Crippen LogP contribution >= 0.6 is 11.3 Å². The minimum absolute atomic E-state index is 0.0168. The van der Waals surface area contributed by atoms with Crippen LogP contribution < -0.4 is 15.0 Å². The molecular weight excluding hydrogens is 488 g/mol. The molecule has 8 heteroatoms. The summed E-state index contributed by atoms with van der Waals surface area (Å²) in [5, 5.41) is 14.7. The third-order valence-electron chi connectivity index (χ3n) is 6.96. The van der Waals surface area contributed by atoms with Crippen molar-refractivity contribution >= 4 is 40.4 Å². The molecule has 0 unspecified atom stereocenters. The Morgan fingerprint density at radius 3 is 2.57 bits per heavy atom. The molecule has 2 N–H and O–H groups in total. The molecule has 1 aliphatic heterocycles. The largest absolute Gasteiger partial charge is 0.497 e. The molecule has 0 saturated carbocycles. The van der Waals surface area contributed by atoms with E-state index in [1.165, 1.54) is 11.3 Å². The number of aliphatic carboxylic acids is 1. The number of thiophene rings is 1. The number of carbonyl (C=O) groups excluding carboxylic acids is 2. The van der Waals surface area contributed by atoms with E-state index in [1.807, 2.05) is 66.9 Å². The van der Waals surface area contributed by atoms with Gasteiger partial charge in [-0.1, -0.05) is 24.3 Å². The van der Waals surface area contributed by atoms with Gasteiger partial charge in [0.15, 0.2) is 5.78 Å². The number of carboxylic acids is 1. The number of nitrogens with one attached hydrogen (secondary N) is 1. The lowest BCUT2D eigenvalue weighted by Gasteiger charge is -2.34. The van der Waals surface area contributed by atoms with Gasteiger partial charge in [-0.25, -0.2) is 0 Å². The molecule has 2 aliphatic rings. The summed E-state index contributed by atoms with van der Waals surface area (Å²) in [6.45, 7) is 1.95. The number of nitrogens with zero attached hydrogens (tertiary/aromatic N) is 1. The van der Waals surface area contributed by atoms with E-state index in [4.69, 9.17) is 4.74 Å². The molecule has 0 fully saturated rings. The highest BCUT2D eigenvalue weighted by molar-refractivity contribution is 7.10. The Morgan fingerprint density at radius 1 is 1.11 bits per heavy atom. The molecule has 190 valence electrons. The van der Waals surface area contributed by atoms with Crippen molar-refractivity contribution < 1.29 is 24.2 Å². The number of allylic oxidation sites excluding steroid dienone is 1. The van der Waals surface area contributed by atoms with E-state index < -0.39 is 12.0 Å². The first-order chi connectivity index (χ1) is 17.9. The number of hydrogen-bond acceptors (Lipinski definition) is 6. The number of benzene rings is 2. The number of carboxylic acid groups (broad SMARTS) is 1. The minimum Gasteiger partial charge on any atom is -0.497 e. The second-order valence-corrected chi connectivity index (χ2v) is 10.4. The zero-order valence-corrected chi connectivity index (χ0v) is 21.5. The number of Topliss-reactive ketones (excluding diaryl/α,β-unsaturated/α-hetero) is 1. The quantitative estimate of drug-likeness (QED) is 0.428. The summed E-state index contributed by atoms with van der Waals surface area (Å²) in [5.74, 6) is -0.635. The zero-order chi connectivity index (χ0) is 26.1. The van der Waals surface area contributed by atoms with Gasteiger partial charge < -0.3 is 15.2 Å². The number of amides is 1. The Hall–Kier alpha value is -3.91. The molecule has 1 aromatic heterocycles. The Kier molecular flexibility index (Phi) is 6.84. The number of fused-ring (bicyclic) bond motifs is 1. The van der Waals surface area contributed by atoms with Crippen molar-refractivity contribution in [2.45, 2.75) is 44.6 Å². The third-order valence-corrected chi connectivity index (χ3v) is 7.88. The van der Waals surface area contributed by atoms with Gasteiger partial charge in [0.2, 0.25) is 5.91 Å². The second-order valence-electron chi connectivity index (χ2n) is 9.41. The molecule has 2 heterocycles. The molecule has 3 aromatic rings. The van der Waals surface area contributed by atoms with Crippen LogP contribution in [0.25, 0.3) is 0 Å². The van der Waals surface area contributed by atoms with E-state index in [2.05, 4.69) is 5.32 Å². The normalized spacial score (nSPS) is 19.0. The summed E-state index contributed by atoms with van der Waals surface area (Å²) >= 11 is 1.48. The monoisotopic (exact) mass is 516 g/mol. The summed E-state index contributed by atoms with van der Waals surface area (Å²) in [6, 6.07) is 16.8. The highest BCUT2D eigenvalue weighted by atomic mass is 32.1. The van der Waals surface area contributed by atoms with E-state index in [0.29, 0.717) is 24.1 Å². The topological polar surface area (TPSA) is 95.9 Å². The van der Waals surface area contributed by atoms with Gasteiger partial charge >= 0.3 is 5.97 Å². The highest BCUT2D eigenvalue weighted by Gasteiger charge is 2.42. The molecule has 37 heavy (non-hydrogen) atoms. The first kappa shape index (κ1) is 24.8. The molecule has 1 aliphatic carbocycles. The van der Waals surface area contributed by atoms with Crippen molar-refractivity contribution in [3.8, 4) is 5.75 Å². The maximum Gasteiger partial charge on any atom is 0.303 e. The summed E-state index contributed by atoms with van der Waals surface area (Å²) in [5.41, 5.74) is 4.77. The number of ketones is 1. The number of aryl methyl sites for hydroxylation is 1. The fourth-order valence-corrected chi connectivity index (χ4v) is 6.01. The van der Waals surface area contributed by atoms with Gasteiger partial charge in [-0.05, 0) is 66.1 Å². The van der Waals surface area contributed by atoms with Crippen LogP contribution in [-0.2, 0) is 14.4 Å². The van der Waals surface area contributed by atoms with Crippen LogP contribution in [0.2, 0.25) is 0 Å². The SMILES string of the molecule is COc1ccc([C@@H]2CC(=O)C3=C(C2)Nc2ccc(C)cc2N(C(=O)CCC(=O)O)[C@@H]3c2cccs2)cc1. The van der Waals surface area contributed by atoms with Crippen molar-refractivity contribution in [3.63, 3.8) is 0 Å². The zero-order valence-electron chi connectivity index (χ0n) is 20.7. The van der Waals surface area contributed by atoms with Gasteiger partial charge in [-0.3, -0.25) is 19.3 Å². The van der Waals surface area contributed by atoms with E-state index in [0.717, 1.165) is 33.1 Å². The lowest BCUT2D eigenvalue weighted by Crippen LogP contribution is -2.38. The van der Waals surface area contributed by atoms with Gasteiger partial charge in [0.1, 0.15) is 11.8 Å². The van der Waals surface area contributed by atoms with E-state index in [9.17, 15) is 19.5 Å². The van der Waals surface area contributed by atoms with E-state index in [-0.39, 0.29) is 30.4 Å². The van der Waals surface area contributed by atoms with Gasteiger partial charge in [-0.2, -0.15) is 0 Å². The third kappa shape index (κ3) is 4.89. The molecule has 0 radical (unpaired) electrons. The molecule has 0 saturated heterocycles. The summed E-state index contributed by atoms with van der Waals surface area (Å²) < 4.78 is 5.29. The number of rotatable bonds is 6. The molecular formula is C29H28N2O5S. The van der Waals surface area contributed by atoms with Crippen molar-refractivity contribution in [2.24, 2.45) is 0 Å². The molecule has 2 aromatic carbocycles. The molecule has 5 rings (SSSR count). The van der Waals surface area contributed by atoms with Gasteiger partial charge in [-0.15, -0.1) is 11.3 Å². The average Bonchev–Trinajstić information content (AvgIpc) is 3.37. The first-order valence-electron chi connectivity index (χ1n) is 12.2. The fraction of sp³-hybridized carbons (Fsp3) is 0.276. The molecule has 2 atom stereocenters. The van der Waals surface area contributed by atoms with Crippen molar-refractivity contribution in [1.82, 2.24) is 0 Å². The number of hydrogen-bond donors (Lipinski definition) is 2. The van der Waals surface area contributed by atoms with Crippen LogP contribution in [0.3, 0.4) is 0 Å². The van der Waals surface area contributed by atoms with E-state index in [1.54, 1.807) is 12.0 Å². The summed E-state index contributed by atoms with van der Waals surface area (Å²) in [6.07, 6.45) is 0.497. The van der Waals surface area contributed by atoms with Crippen molar-refractivity contribution in [3.05, 3.63) is 87.3 Å². The Bertz CT molecular complexity index is 1380. The number of methoxy groups -OCH3 is 1. The summed E-state index contributed by atoms with van der Waals surface area (Å²) in [4.78, 5) is 41.4. The maximum absolute atomic E-state index is 13.9. The van der Waals surface area contributed by atoms with Crippen LogP contribution in [0.4, 0.5) is 11.4 Å². The first-order valence-corrected chi connectivity index (χ1v) is 13.1. The summed E-state index contributed by atoms with van der Waals surface area (Å²) in [7, 11) is 1.62. The van der Waals surface area contributed by atoms with Crippen LogP contribution in [0.1, 0.15) is 53.6 Å². The van der Waals surface area contributed by atoms with Crippen LogP contribution in [0, 0.1) is 6.92 Å². The number of ether oxygens (including phenoxy) is 1. The van der Waals surface area contributed by atoms with Gasteiger partial charge in [0.05, 0.1) is 24.9 Å². The average molecular weight is 517 g/mol. The van der Waals surface area contributed by atoms with Gasteiger partial charge in [0.25, 0.3) is 0 Å². The standard InChI is InChI=1S/C29H28N2O5S/c1-17-5-10-21-23(14-17)31(26(33)11-12-27(34)35)29(25-4-3-13-37-25)28-22(30-21)15-19(16-24(28)32)18-6-8-20(36-2)9-7-18/h3-10,13-14,19,29-30H,11-12,15-16H2,1-2H3,(H,34,35)/t19-,29+/m0/s1. The second kappa shape index (κ2) is 10.2. The molecule has 7 nitrogen and oxygen atoms in total.